The maximum Gasteiger partial charge on any atom is 0.349 e. The molecule has 0 radical (unpaired) electrons. The first-order valence-corrected chi connectivity index (χ1v) is 8.04. The molecule has 23 heavy (non-hydrogen) atoms. The fraction of sp³-hybridized carbons (Fsp3) is 0.111. The highest BCUT2D eigenvalue weighted by Gasteiger charge is 2.17. The number of hydrogen-bond donors (Lipinski definition) is 0. The van der Waals surface area contributed by atoms with Crippen molar-refractivity contribution >= 4 is 38.5 Å². The smallest absolute Gasteiger partial charge is 0.349 e. The molecule has 0 aliphatic heterocycles. The van der Waals surface area contributed by atoms with Crippen LogP contribution >= 0.6 is 11.3 Å². The van der Waals surface area contributed by atoms with E-state index in [0.29, 0.717) is 16.4 Å². The third-order valence-electron chi connectivity index (χ3n) is 3.69. The molecule has 0 atom stereocenters. The molecule has 0 fully saturated rings. The fourth-order valence-electron chi connectivity index (χ4n) is 2.54. The highest BCUT2D eigenvalue weighted by atomic mass is 32.1. The summed E-state index contributed by atoms with van der Waals surface area (Å²) in [6.45, 7) is 1.97. The van der Waals surface area contributed by atoms with Crippen LogP contribution in [0.4, 0.5) is 0 Å². The van der Waals surface area contributed by atoms with Crippen LogP contribution in [0.1, 0.15) is 21.1 Å². The van der Waals surface area contributed by atoms with Crippen molar-refractivity contribution in [3.05, 3.63) is 64.9 Å². The lowest BCUT2D eigenvalue weighted by molar-refractivity contribution is 0.0445. The second-order valence-corrected chi connectivity index (χ2v) is 6.26. The van der Waals surface area contributed by atoms with Gasteiger partial charge < -0.3 is 9.15 Å². The summed E-state index contributed by atoms with van der Waals surface area (Å²) in [7, 11) is 0. The first kappa shape index (κ1) is 14.0. The van der Waals surface area contributed by atoms with Crippen LogP contribution < -0.4 is 0 Å². The lowest BCUT2D eigenvalue weighted by Crippen LogP contribution is -2.04. The van der Waals surface area contributed by atoms with Gasteiger partial charge in [-0.3, -0.25) is 0 Å². The molecule has 0 unspecified atom stereocenters. The number of para-hydroxylation sites is 2. The summed E-state index contributed by atoms with van der Waals surface area (Å²) in [6.07, 6.45) is 0. The average Bonchev–Trinajstić information content (AvgIpc) is 3.14. The first-order valence-electron chi connectivity index (χ1n) is 7.22. The number of nitrogens with zero attached hydrogens (tertiary/aromatic N) is 1. The Morgan fingerprint density at radius 1 is 1.17 bits per heavy atom. The van der Waals surface area contributed by atoms with Crippen LogP contribution in [0.5, 0.6) is 0 Å². The van der Waals surface area contributed by atoms with Crippen molar-refractivity contribution in [2.45, 2.75) is 13.5 Å². The SMILES string of the molecule is Cc1c(C(=O)OCc2nc3ccccc3o2)sc2ccccc12. The summed E-state index contributed by atoms with van der Waals surface area (Å²) in [5.41, 5.74) is 2.40. The minimum absolute atomic E-state index is 0.0290. The molecule has 0 aliphatic rings. The van der Waals surface area contributed by atoms with Crippen LogP contribution in [-0.2, 0) is 11.3 Å². The van der Waals surface area contributed by atoms with E-state index in [1.54, 1.807) is 0 Å². The van der Waals surface area contributed by atoms with Gasteiger partial charge in [-0.2, -0.15) is 0 Å². The number of fused-ring (bicyclic) bond motifs is 2. The molecular formula is C18H13NO3S. The standard InChI is InChI=1S/C18H13NO3S/c1-11-12-6-2-5-9-15(12)23-17(11)18(20)21-10-16-19-13-7-3-4-8-14(13)22-16/h2-9H,10H2,1H3. The number of carbonyl (C=O) groups excluding carboxylic acids is 1. The van der Waals surface area contributed by atoms with E-state index in [9.17, 15) is 4.79 Å². The van der Waals surface area contributed by atoms with Gasteiger partial charge in [-0.05, 0) is 36.1 Å². The Bertz CT molecular complexity index is 982. The Hall–Kier alpha value is -2.66. The molecule has 114 valence electrons. The molecule has 4 aromatic rings. The normalized spacial score (nSPS) is 11.2. The monoisotopic (exact) mass is 323 g/mol. The zero-order valence-electron chi connectivity index (χ0n) is 12.4. The molecule has 0 amide bonds. The number of oxazole rings is 1. The molecule has 2 heterocycles. The summed E-state index contributed by atoms with van der Waals surface area (Å²) in [4.78, 5) is 17.3. The van der Waals surface area contributed by atoms with Gasteiger partial charge in [0.1, 0.15) is 10.4 Å². The lowest BCUT2D eigenvalue weighted by Gasteiger charge is -2.00. The van der Waals surface area contributed by atoms with Crippen LogP contribution in [0.2, 0.25) is 0 Å². The predicted octanol–water partition coefficient (Wildman–Crippen LogP) is 4.71. The van der Waals surface area contributed by atoms with Gasteiger partial charge in [-0.25, -0.2) is 9.78 Å². The largest absolute Gasteiger partial charge is 0.451 e. The Morgan fingerprint density at radius 2 is 1.96 bits per heavy atom. The van der Waals surface area contributed by atoms with Crippen molar-refractivity contribution in [2.75, 3.05) is 0 Å². The van der Waals surface area contributed by atoms with E-state index >= 15 is 0 Å². The molecule has 5 heteroatoms. The Balaban J connectivity index is 1.56. The van der Waals surface area contributed by atoms with Gasteiger partial charge in [-0.1, -0.05) is 30.3 Å². The number of benzene rings is 2. The summed E-state index contributed by atoms with van der Waals surface area (Å²) in [5.74, 6) is 0.0595. The summed E-state index contributed by atoms with van der Waals surface area (Å²) in [5, 5.41) is 1.09. The van der Waals surface area contributed by atoms with Gasteiger partial charge in [0, 0.05) is 4.70 Å². The maximum absolute atomic E-state index is 12.3. The fourth-order valence-corrected chi connectivity index (χ4v) is 3.65. The van der Waals surface area contributed by atoms with Crippen LogP contribution in [0.15, 0.2) is 52.9 Å². The number of esters is 1. The first-order chi connectivity index (χ1) is 11.2. The van der Waals surface area contributed by atoms with Crippen molar-refractivity contribution < 1.29 is 13.9 Å². The van der Waals surface area contributed by atoms with Crippen LogP contribution in [-0.4, -0.2) is 11.0 Å². The number of thiophene rings is 1. The second kappa shape index (κ2) is 5.52. The highest BCUT2D eigenvalue weighted by molar-refractivity contribution is 7.21. The van der Waals surface area contributed by atoms with Crippen molar-refractivity contribution in [3.63, 3.8) is 0 Å². The Morgan fingerprint density at radius 3 is 2.78 bits per heavy atom. The molecule has 0 saturated heterocycles. The highest BCUT2D eigenvalue weighted by Crippen LogP contribution is 2.31. The van der Waals surface area contributed by atoms with Gasteiger partial charge in [-0.15, -0.1) is 11.3 Å². The van der Waals surface area contributed by atoms with Crippen molar-refractivity contribution in [3.8, 4) is 0 Å². The predicted molar refractivity (Wildman–Crippen MR) is 89.7 cm³/mol. The molecule has 0 N–H and O–H groups in total. The third-order valence-corrected chi connectivity index (χ3v) is 4.95. The summed E-state index contributed by atoms with van der Waals surface area (Å²) < 4.78 is 12.0. The van der Waals surface area contributed by atoms with E-state index in [1.165, 1.54) is 11.3 Å². The van der Waals surface area contributed by atoms with Gasteiger partial charge in [0.25, 0.3) is 0 Å². The van der Waals surface area contributed by atoms with Gasteiger partial charge >= 0.3 is 5.97 Å². The minimum Gasteiger partial charge on any atom is -0.451 e. The number of carbonyl (C=O) groups is 1. The van der Waals surface area contributed by atoms with E-state index in [-0.39, 0.29) is 12.6 Å². The third kappa shape index (κ3) is 2.49. The van der Waals surface area contributed by atoms with Gasteiger partial charge in [0.2, 0.25) is 5.89 Å². The second-order valence-electron chi connectivity index (χ2n) is 5.20. The molecular weight excluding hydrogens is 310 g/mol. The van der Waals surface area contributed by atoms with Gasteiger partial charge in [0.15, 0.2) is 12.2 Å². The number of ether oxygens (including phenoxy) is 1. The topological polar surface area (TPSA) is 52.3 Å². The quantitative estimate of drug-likeness (QED) is 0.512. The van der Waals surface area contributed by atoms with Gasteiger partial charge in [0.05, 0.1) is 0 Å². The minimum atomic E-state index is -0.342. The lowest BCUT2D eigenvalue weighted by atomic mass is 10.1. The molecule has 4 nitrogen and oxygen atoms in total. The molecule has 0 bridgehead atoms. The number of aryl methyl sites for hydroxylation is 1. The number of hydrogen-bond acceptors (Lipinski definition) is 5. The Kier molecular flexibility index (Phi) is 3.35. The zero-order valence-corrected chi connectivity index (χ0v) is 13.2. The van der Waals surface area contributed by atoms with E-state index < -0.39 is 0 Å². The van der Waals surface area contributed by atoms with Crippen molar-refractivity contribution in [1.29, 1.82) is 0 Å². The molecule has 2 aromatic heterocycles. The molecule has 2 aromatic carbocycles. The van der Waals surface area contributed by atoms with Crippen LogP contribution in [0.3, 0.4) is 0 Å². The summed E-state index contributed by atoms with van der Waals surface area (Å²) >= 11 is 1.45. The van der Waals surface area contributed by atoms with Crippen LogP contribution in [0.25, 0.3) is 21.2 Å². The maximum atomic E-state index is 12.3. The Labute approximate surface area is 136 Å². The molecule has 4 rings (SSSR count). The van der Waals surface area contributed by atoms with E-state index in [0.717, 1.165) is 21.2 Å². The number of rotatable bonds is 3. The average molecular weight is 323 g/mol. The zero-order chi connectivity index (χ0) is 15.8. The van der Waals surface area contributed by atoms with E-state index in [1.807, 2.05) is 55.5 Å². The van der Waals surface area contributed by atoms with Crippen LogP contribution in [0, 0.1) is 6.92 Å². The van der Waals surface area contributed by atoms with E-state index in [4.69, 9.17) is 9.15 Å². The molecule has 0 spiro atoms. The van der Waals surface area contributed by atoms with Crippen molar-refractivity contribution in [2.24, 2.45) is 0 Å². The van der Waals surface area contributed by atoms with E-state index in [2.05, 4.69) is 4.98 Å². The van der Waals surface area contributed by atoms with Crippen molar-refractivity contribution in [1.82, 2.24) is 4.98 Å². The molecule has 0 aliphatic carbocycles. The number of aromatic nitrogens is 1. The summed E-state index contributed by atoms with van der Waals surface area (Å²) in [6, 6.07) is 15.4. The molecule has 0 saturated carbocycles.